The molecule has 4 nitrogen and oxygen atoms in total. The lowest BCUT2D eigenvalue weighted by molar-refractivity contribution is -0.275. The van der Waals surface area contributed by atoms with Crippen molar-refractivity contribution in [3.8, 4) is 33.9 Å². The van der Waals surface area contributed by atoms with Gasteiger partial charge in [0.2, 0.25) is 0 Å². The molecule has 0 radical (unpaired) electrons. The van der Waals surface area contributed by atoms with E-state index in [2.05, 4.69) is 14.5 Å². The first kappa shape index (κ1) is 21.4. The second-order valence-electron chi connectivity index (χ2n) is 6.00. The van der Waals surface area contributed by atoms with Gasteiger partial charge in [-0.3, -0.25) is 4.98 Å². The van der Waals surface area contributed by atoms with Crippen molar-refractivity contribution < 1.29 is 40.9 Å². The van der Waals surface area contributed by atoms with Crippen molar-refractivity contribution in [2.24, 2.45) is 0 Å². The summed E-state index contributed by atoms with van der Waals surface area (Å²) in [6.45, 7) is -0.478. The maximum atomic E-state index is 12.6. The number of hydrogen-bond acceptors (Lipinski definition) is 4. The fourth-order valence-electron chi connectivity index (χ4n) is 2.86. The van der Waals surface area contributed by atoms with E-state index in [1.807, 2.05) is 0 Å². The van der Waals surface area contributed by atoms with Gasteiger partial charge in [-0.1, -0.05) is 24.3 Å². The van der Waals surface area contributed by atoms with Gasteiger partial charge in [0.1, 0.15) is 11.5 Å². The molecule has 1 heterocycles. The Morgan fingerprint density at radius 3 is 1.83 bits per heavy atom. The summed E-state index contributed by atoms with van der Waals surface area (Å²) in [7, 11) is 0. The van der Waals surface area contributed by atoms with Crippen LogP contribution in [0, 0.1) is 0 Å². The number of nitrogens with zero attached hydrogens (tertiary/aromatic N) is 1. The number of alkyl halides is 6. The Balaban J connectivity index is 2.12. The Bertz CT molecular complexity index is 1030. The van der Waals surface area contributed by atoms with Gasteiger partial charge in [0.05, 0.1) is 12.3 Å². The molecular formula is C20H13F6NO3. The Morgan fingerprint density at radius 2 is 1.30 bits per heavy atom. The molecule has 10 heteroatoms. The van der Waals surface area contributed by atoms with Gasteiger partial charge in [0, 0.05) is 17.3 Å². The molecule has 0 amide bonds. The smallest absolute Gasteiger partial charge is 0.406 e. The second kappa shape index (κ2) is 8.23. The third kappa shape index (κ3) is 5.41. The number of ether oxygens (including phenoxy) is 2. The van der Waals surface area contributed by atoms with E-state index in [0.29, 0.717) is 5.56 Å². The molecule has 0 spiro atoms. The molecule has 3 rings (SSSR count). The van der Waals surface area contributed by atoms with Crippen LogP contribution in [0.3, 0.4) is 0 Å². The normalized spacial score (nSPS) is 12.0. The highest BCUT2D eigenvalue weighted by molar-refractivity contribution is 5.84. The van der Waals surface area contributed by atoms with E-state index in [0.717, 1.165) is 24.3 Å². The van der Waals surface area contributed by atoms with Crippen molar-refractivity contribution in [3.05, 3.63) is 66.4 Å². The molecule has 2 aromatic carbocycles. The lowest BCUT2D eigenvalue weighted by atomic mass is 9.95. The molecule has 0 aliphatic heterocycles. The van der Waals surface area contributed by atoms with Gasteiger partial charge in [0.25, 0.3) is 0 Å². The van der Waals surface area contributed by atoms with E-state index in [-0.39, 0.29) is 22.4 Å². The summed E-state index contributed by atoms with van der Waals surface area (Å²) in [5.41, 5.74) is 1.15. The Labute approximate surface area is 166 Å². The molecule has 0 unspecified atom stereocenters. The quantitative estimate of drug-likeness (QED) is 0.529. The van der Waals surface area contributed by atoms with Crippen LogP contribution in [-0.2, 0) is 6.61 Å². The van der Waals surface area contributed by atoms with Crippen molar-refractivity contribution >= 4 is 0 Å². The Hall–Kier alpha value is -3.27. The van der Waals surface area contributed by atoms with Crippen LogP contribution in [0.5, 0.6) is 11.5 Å². The molecule has 3 aromatic rings. The fourth-order valence-corrected chi connectivity index (χ4v) is 2.86. The van der Waals surface area contributed by atoms with Gasteiger partial charge in [-0.05, 0) is 41.5 Å². The Kier molecular flexibility index (Phi) is 5.88. The van der Waals surface area contributed by atoms with Gasteiger partial charge in [0.15, 0.2) is 0 Å². The zero-order valence-electron chi connectivity index (χ0n) is 15.0. The van der Waals surface area contributed by atoms with Crippen molar-refractivity contribution in [2.45, 2.75) is 19.3 Å². The number of aromatic nitrogens is 1. The first-order valence-electron chi connectivity index (χ1n) is 8.37. The first-order valence-corrected chi connectivity index (χ1v) is 8.37. The van der Waals surface area contributed by atoms with Crippen LogP contribution in [0.1, 0.15) is 5.56 Å². The molecular weight excluding hydrogens is 416 g/mol. The van der Waals surface area contributed by atoms with E-state index in [9.17, 15) is 31.4 Å². The molecule has 0 saturated heterocycles. The van der Waals surface area contributed by atoms with Crippen LogP contribution in [0.15, 0.2) is 60.8 Å². The highest BCUT2D eigenvalue weighted by atomic mass is 19.4. The SMILES string of the molecule is OCc1ccnc(-c2cccc(OC(F)(F)F)c2)c1-c1cccc(OC(F)(F)F)c1. The average Bonchev–Trinajstić information content (AvgIpc) is 2.65. The largest absolute Gasteiger partial charge is 0.573 e. The summed E-state index contributed by atoms with van der Waals surface area (Å²) in [6, 6.07) is 11.4. The van der Waals surface area contributed by atoms with E-state index < -0.39 is 30.8 Å². The van der Waals surface area contributed by atoms with Crippen LogP contribution >= 0.6 is 0 Å². The number of aliphatic hydroxyl groups is 1. The molecule has 1 aromatic heterocycles. The third-order valence-electron chi connectivity index (χ3n) is 3.90. The lowest BCUT2D eigenvalue weighted by Gasteiger charge is -2.16. The molecule has 158 valence electrons. The van der Waals surface area contributed by atoms with Crippen LogP contribution in [0.25, 0.3) is 22.4 Å². The number of aliphatic hydroxyl groups excluding tert-OH is 1. The van der Waals surface area contributed by atoms with E-state index >= 15 is 0 Å². The van der Waals surface area contributed by atoms with Gasteiger partial charge < -0.3 is 14.6 Å². The van der Waals surface area contributed by atoms with Crippen LogP contribution < -0.4 is 9.47 Å². The molecule has 0 bridgehead atoms. The maximum absolute atomic E-state index is 12.6. The highest BCUT2D eigenvalue weighted by Crippen LogP contribution is 2.37. The van der Waals surface area contributed by atoms with Gasteiger partial charge in [-0.15, -0.1) is 26.3 Å². The maximum Gasteiger partial charge on any atom is 0.573 e. The first-order chi connectivity index (χ1) is 14.1. The molecule has 0 aliphatic rings. The molecule has 0 saturated carbocycles. The molecule has 1 N–H and O–H groups in total. The van der Waals surface area contributed by atoms with E-state index in [1.54, 1.807) is 0 Å². The Morgan fingerprint density at radius 1 is 0.767 bits per heavy atom. The number of rotatable bonds is 5. The molecule has 0 atom stereocenters. The minimum atomic E-state index is -4.90. The predicted molar refractivity (Wildman–Crippen MR) is 94.4 cm³/mol. The van der Waals surface area contributed by atoms with Crippen molar-refractivity contribution in [2.75, 3.05) is 0 Å². The fraction of sp³-hybridized carbons (Fsp3) is 0.150. The molecule has 30 heavy (non-hydrogen) atoms. The summed E-state index contributed by atoms with van der Waals surface area (Å²) in [4.78, 5) is 4.16. The summed E-state index contributed by atoms with van der Waals surface area (Å²) in [5.74, 6) is -0.982. The van der Waals surface area contributed by atoms with Crippen molar-refractivity contribution in [1.82, 2.24) is 4.98 Å². The zero-order valence-corrected chi connectivity index (χ0v) is 15.0. The summed E-state index contributed by atoms with van der Waals surface area (Å²) >= 11 is 0. The van der Waals surface area contributed by atoms with Crippen LogP contribution in [0.2, 0.25) is 0 Å². The molecule has 0 aliphatic carbocycles. The highest BCUT2D eigenvalue weighted by Gasteiger charge is 2.32. The number of pyridine rings is 1. The van der Waals surface area contributed by atoms with E-state index in [1.165, 1.54) is 36.5 Å². The summed E-state index contributed by atoms with van der Waals surface area (Å²) in [6.07, 6.45) is -8.47. The summed E-state index contributed by atoms with van der Waals surface area (Å²) in [5, 5.41) is 9.70. The minimum absolute atomic E-state index is 0.151. The van der Waals surface area contributed by atoms with Crippen LogP contribution in [-0.4, -0.2) is 22.8 Å². The average molecular weight is 429 g/mol. The third-order valence-corrected chi connectivity index (χ3v) is 3.90. The number of hydrogen-bond donors (Lipinski definition) is 1. The summed E-state index contributed by atoms with van der Waals surface area (Å²) < 4.78 is 83.2. The standard InChI is InChI=1S/C20H13F6NO3/c21-19(22,23)29-15-5-1-3-12(9-15)17-14(11-28)7-8-27-18(17)13-4-2-6-16(10-13)30-20(24,25)26/h1-10,28H,11H2. The minimum Gasteiger partial charge on any atom is -0.406 e. The number of halogens is 6. The molecule has 0 fully saturated rings. The van der Waals surface area contributed by atoms with Crippen molar-refractivity contribution in [1.29, 1.82) is 0 Å². The monoisotopic (exact) mass is 429 g/mol. The van der Waals surface area contributed by atoms with E-state index in [4.69, 9.17) is 0 Å². The number of benzene rings is 2. The predicted octanol–water partition coefficient (Wildman–Crippen LogP) is 5.71. The van der Waals surface area contributed by atoms with Gasteiger partial charge in [-0.25, -0.2) is 0 Å². The second-order valence-corrected chi connectivity index (χ2v) is 6.00. The van der Waals surface area contributed by atoms with Crippen LogP contribution in [0.4, 0.5) is 26.3 Å². The lowest BCUT2D eigenvalue weighted by Crippen LogP contribution is -2.17. The van der Waals surface area contributed by atoms with Gasteiger partial charge >= 0.3 is 12.7 Å². The zero-order chi connectivity index (χ0) is 21.9. The topological polar surface area (TPSA) is 51.6 Å². The van der Waals surface area contributed by atoms with Gasteiger partial charge in [-0.2, -0.15) is 0 Å². The van der Waals surface area contributed by atoms with Crippen molar-refractivity contribution in [3.63, 3.8) is 0 Å².